The molecular formula is C21H25ClN4O2S. The molecule has 8 heteroatoms. The molecule has 0 aliphatic carbocycles. The minimum atomic E-state index is -0.530. The molecule has 1 unspecified atom stereocenters. The number of amides is 1. The molecule has 1 atom stereocenters. The van der Waals surface area contributed by atoms with Crippen molar-refractivity contribution in [2.45, 2.75) is 37.8 Å². The van der Waals surface area contributed by atoms with Crippen LogP contribution in [0.5, 0.6) is 0 Å². The first-order valence-corrected chi connectivity index (χ1v) is 11.2. The minimum Gasteiger partial charge on any atom is -0.382 e. The van der Waals surface area contributed by atoms with E-state index in [4.69, 9.17) is 16.4 Å². The zero-order chi connectivity index (χ0) is 20.2. The number of aromatic nitrogens is 1. The van der Waals surface area contributed by atoms with Crippen LogP contribution in [0.4, 0.5) is 0 Å². The lowest BCUT2D eigenvalue weighted by Crippen LogP contribution is -2.48. The second kappa shape index (κ2) is 9.24. The highest BCUT2D eigenvalue weighted by Gasteiger charge is 2.35. The van der Waals surface area contributed by atoms with E-state index in [1.165, 1.54) is 11.3 Å². The summed E-state index contributed by atoms with van der Waals surface area (Å²) in [5.74, 6) is 0.0124. The monoisotopic (exact) mass is 432 g/mol. The molecule has 1 fully saturated rings. The largest absolute Gasteiger partial charge is 0.382 e. The summed E-state index contributed by atoms with van der Waals surface area (Å²) in [6.45, 7) is 3.00. The van der Waals surface area contributed by atoms with Gasteiger partial charge in [-0.15, -0.1) is 11.3 Å². The van der Waals surface area contributed by atoms with Gasteiger partial charge in [-0.05, 0) is 37.1 Å². The Morgan fingerprint density at radius 2 is 2.14 bits per heavy atom. The molecule has 1 amide bonds. The van der Waals surface area contributed by atoms with Gasteiger partial charge in [-0.2, -0.15) is 0 Å². The van der Waals surface area contributed by atoms with E-state index in [1.54, 1.807) is 0 Å². The zero-order valence-electron chi connectivity index (χ0n) is 16.5. The molecule has 154 valence electrons. The van der Waals surface area contributed by atoms with Crippen LogP contribution >= 0.6 is 22.9 Å². The van der Waals surface area contributed by atoms with E-state index >= 15 is 0 Å². The van der Waals surface area contributed by atoms with Crippen molar-refractivity contribution in [1.82, 2.24) is 14.8 Å². The van der Waals surface area contributed by atoms with Crippen LogP contribution in [-0.4, -0.2) is 65.2 Å². The number of halogens is 1. The molecule has 0 N–H and O–H groups in total. The van der Waals surface area contributed by atoms with Crippen LogP contribution in [0.1, 0.15) is 29.8 Å². The number of piperidine rings is 1. The van der Waals surface area contributed by atoms with E-state index in [9.17, 15) is 4.79 Å². The molecule has 0 saturated carbocycles. The van der Waals surface area contributed by atoms with Crippen molar-refractivity contribution in [2.24, 2.45) is 5.16 Å². The second-order valence-corrected chi connectivity index (χ2v) is 9.25. The number of pyridine rings is 1. The van der Waals surface area contributed by atoms with Crippen LogP contribution < -0.4 is 0 Å². The lowest BCUT2D eigenvalue weighted by Gasteiger charge is -2.37. The number of likely N-dealkylation sites (tertiary alicyclic amines) is 1. The summed E-state index contributed by atoms with van der Waals surface area (Å²) in [4.78, 5) is 28.0. The fourth-order valence-corrected chi connectivity index (χ4v) is 4.91. The summed E-state index contributed by atoms with van der Waals surface area (Å²) in [5.41, 5.74) is 1.93. The quantitative estimate of drug-likeness (QED) is 0.701. The molecule has 0 bridgehead atoms. The number of likely N-dealkylation sites (N-methyl/N-ethyl adjacent to an activating group) is 1. The number of hydrogen-bond donors (Lipinski definition) is 0. The van der Waals surface area contributed by atoms with E-state index in [1.807, 2.05) is 42.4 Å². The van der Waals surface area contributed by atoms with Gasteiger partial charge in [-0.3, -0.25) is 9.78 Å². The van der Waals surface area contributed by atoms with E-state index in [-0.39, 0.29) is 11.9 Å². The molecule has 0 spiro atoms. The molecule has 2 aromatic rings. The van der Waals surface area contributed by atoms with E-state index < -0.39 is 6.10 Å². The maximum absolute atomic E-state index is 12.9. The molecule has 4 heterocycles. The first-order valence-electron chi connectivity index (χ1n) is 9.97. The number of carbonyl (C=O) groups excluding carboxylic acids is 1. The van der Waals surface area contributed by atoms with Crippen molar-refractivity contribution in [3.05, 3.63) is 51.4 Å². The molecular weight excluding hydrogens is 408 g/mol. The fraction of sp³-hybridized carbons (Fsp3) is 0.476. The Labute approximate surface area is 180 Å². The lowest BCUT2D eigenvalue weighted by atomic mass is 10.0. The Bertz CT molecular complexity index is 865. The zero-order valence-corrected chi connectivity index (χ0v) is 18.0. The Morgan fingerprint density at radius 3 is 2.83 bits per heavy atom. The third-order valence-electron chi connectivity index (χ3n) is 5.66. The van der Waals surface area contributed by atoms with Crippen LogP contribution in [0.15, 0.2) is 41.7 Å². The van der Waals surface area contributed by atoms with Crippen LogP contribution in [0.3, 0.4) is 0 Å². The number of carbonyl (C=O) groups is 1. The standard InChI is InChI=1S/C21H25ClN4O2S/c1-25(21(27)18-14-17(24-28-18)19-5-6-20(22)29-19)16-8-12-26(13-9-16)11-7-15-4-2-3-10-23-15/h2-6,10,16,18H,7-9,11-14H2,1H3. The van der Waals surface area contributed by atoms with E-state index in [0.717, 1.165) is 55.2 Å². The maximum atomic E-state index is 12.9. The number of hydrogen-bond acceptors (Lipinski definition) is 6. The van der Waals surface area contributed by atoms with Crippen molar-refractivity contribution in [2.75, 3.05) is 26.7 Å². The van der Waals surface area contributed by atoms with Gasteiger partial charge >= 0.3 is 0 Å². The predicted octanol–water partition coefficient (Wildman–Crippen LogP) is 3.46. The van der Waals surface area contributed by atoms with E-state index in [2.05, 4.69) is 21.1 Å². The van der Waals surface area contributed by atoms with Crippen LogP contribution in [0, 0.1) is 0 Å². The number of nitrogens with zero attached hydrogens (tertiary/aromatic N) is 4. The van der Waals surface area contributed by atoms with Crippen molar-refractivity contribution >= 4 is 34.6 Å². The van der Waals surface area contributed by atoms with Gasteiger partial charge in [0.15, 0.2) is 0 Å². The fourth-order valence-electron chi connectivity index (χ4n) is 3.88. The smallest absolute Gasteiger partial charge is 0.266 e. The highest BCUT2D eigenvalue weighted by molar-refractivity contribution is 7.18. The van der Waals surface area contributed by atoms with Crippen molar-refractivity contribution in [1.29, 1.82) is 0 Å². The highest BCUT2D eigenvalue weighted by Crippen LogP contribution is 2.27. The SMILES string of the molecule is CN(C(=O)C1CC(c2ccc(Cl)s2)=NO1)C1CCN(CCc2ccccn2)CC1. The summed E-state index contributed by atoms with van der Waals surface area (Å²) >= 11 is 7.46. The molecule has 2 aliphatic heterocycles. The summed E-state index contributed by atoms with van der Waals surface area (Å²) < 4.78 is 0.712. The number of oxime groups is 1. The van der Waals surface area contributed by atoms with Gasteiger partial charge in [0.1, 0.15) is 5.71 Å². The average molecular weight is 433 g/mol. The number of rotatable bonds is 6. The first-order chi connectivity index (χ1) is 14.1. The van der Waals surface area contributed by atoms with Gasteiger partial charge in [0.05, 0.1) is 9.21 Å². The Hall–Kier alpha value is -1.96. The molecule has 1 saturated heterocycles. The Morgan fingerprint density at radius 1 is 1.31 bits per heavy atom. The molecule has 2 aromatic heterocycles. The van der Waals surface area contributed by atoms with Gasteiger partial charge < -0.3 is 14.6 Å². The lowest BCUT2D eigenvalue weighted by molar-refractivity contribution is -0.143. The molecule has 0 radical (unpaired) electrons. The predicted molar refractivity (Wildman–Crippen MR) is 116 cm³/mol. The first kappa shape index (κ1) is 20.3. The maximum Gasteiger partial charge on any atom is 0.266 e. The summed E-state index contributed by atoms with van der Waals surface area (Å²) in [5, 5.41) is 4.12. The Balaban J connectivity index is 1.23. The third kappa shape index (κ3) is 4.97. The molecule has 29 heavy (non-hydrogen) atoms. The topological polar surface area (TPSA) is 58.0 Å². The summed E-state index contributed by atoms with van der Waals surface area (Å²) in [6, 6.07) is 10.1. The average Bonchev–Trinajstić information content (AvgIpc) is 3.41. The highest BCUT2D eigenvalue weighted by atomic mass is 35.5. The molecule has 6 nitrogen and oxygen atoms in total. The second-order valence-electron chi connectivity index (χ2n) is 7.53. The normalized spacial score (nSPS) is 20.3. The van der Waals surface area contributed by atoms with Gasteiger partial charge in [0, 0.05) is 57.5 Å². The van der Waals surface area contributed by atoms with Gasteiger partial charge in [0.25, 0.3) is 5.91 Å². The number of thiophene rings is 1. The van der Waals surface area contributed by atoms with Gasteiger partial charge in [-0.1, -0.05) is 22.8 Å². The van der Waals surface area contributed by atoms with Crippen molar-refractivity contribution in [3.8, 4) is 0 Å². The van der Waals surface area contributed by atoms with Crippen LogP contribution in [-0.2, 0) is 16.1 Å². The van der Waals surface area contributed by atoms with Crippen molar-refractivity contribution < 1.29 is 9.63 Å². The van der Waals surface area contributed by atoms with E-state index in [0.29, 0.717) is 10.8 Å². The van der Waals surface area contributed by atoms with Gasteiger partial charge in [0.2, 0.25) is 6.10 Å². The third-order valence-corrected chi connectivity index (χ3v) is 6.94. The van der Waals surface area contributed by atoms with Crippen LogP contribution in [0.25, 0.3) is 0 Å². The van der Waals surface area contributed by atoms with Gasteiger partial charge in [-0.25, -0.2) is 0 Å². The summed E-state index contributed by atoms with van der Waals surface area (Å²) in [7, 11) is 1.89. The minimum absolute atomic E-state index is 0.0124. The summed E-state index contributed by atoms with van der Waals surface area (Å²) in [6.07, 6.45) is 4.73. The van der Waals surface area contributed by atoms with Crippen LogP contribution in [0.2, 0.25) is 4.34 Å². The molecule has 4 rings (SSSR count). The molecule has 2 aliphatic rings. The Kier molecular flexibility index (Phi) is 6.47. The van der Waals surface area contributed by atoms with Crippen molar-refractivity contribution in [3.63, 3.8) is 0 Å². The molecule has 0 aromatic carbocycles.